The summed E-state index contributed by atoms with van der Waals surface area (Å²) in [7, 11) is 0. The number of hydrogen-bond donors (Lipinski definition) is 1. The topological polar surface area (TPSA) is 73.2 Å². The number of nitrogens with zero attached hydrogens (tertiary/aromatic N) is 2. The number of carbonyl (C=O) groups excluding carboxylic acids is 1. The molecule has 0 saturated carbocycles. The van der Waals surface area contributed by atoms with Crippen LogP contribution in [-0.2, 0) is 4.74 Å². The predicted molar refractivity (Wildman–Crippen MR) is 105 cm³/mol. The van der Waals surface area contributed by atoms with Crippen LogP contribution in [0.1, 0.15) is 39.6 Å². The van der Waals surface area contributed by atoms with Crippen molar-refractivity contribution in [2.75, 3.05) is 0 Å². The predicted octanol–water partition coefficient (Wildman–Crippen LogP) is 4.53. The number of nitrogens with one attached hydrogen (secondary N) is 1. The molecule has 1 atom stereocenters. The molecule has 1 N–H and O–H groups in total. The Balaban J connectivity index is 2.23. The second-order valence-electron chi connectivity index (χ2n) is 7.89. The summed E-state index contributed by atoms with van der Waals surface area (Å²) in [6, 6.07) is 2.74. The van der Waals surface area contributed by atoms with Gasteiger partial charge in [0.05, 0.1) is 22.6 Å². The number of rotatable bonds is 3. The number of carbonyl (C=O) groups is 1. The van der Waals surface area contributed by atoms with Gasteiger partial charge in [0.1, 0.15) is 23.1 Å². The van der Waals surface area contributed by atoms with E-state index in [1.54, 1.807) is 20.8 Å². The van der Waals surface area contributed by atoms with Gasteiger partial charge in [-0.3, -0.25) is 9.36 Å². The molecule has 0 radical (unpaired) electrons. The number of halogens is 4. The molecular formula is C21H19F4N3O3. The van der Waals surface area contributed by atoms with Crippen LogP contribution in [0.2, 0.25) is 0 Å². The molecule has 6 nitrogen and oxygen atoms in total. The van der Waals surface area contributed by atoms with Gasteiger partial charge in [-0.2, -0.15) is 0 Å². The fraction of sp³-hybridized carbons (Fsp3) is 0.286. The van der Waals surface area contributed by atoms with Crippen molar-refractivity contribution in [1.29, 1.82) is 0 Å². The highest BCUT2D eigenvalue weighted by molar-refractivity contribution is 5.78. The maximum absolute atomic E-state index is 13.8. The third-order valence-electron chi connectivity index (χ3n) is 4.16. The zero-order valence-corrected chi connectivity index (χ0v) is 17.1. The zero-order chi connectivity index (χ0) is 23.1. The van der Waals surface area contributed by atoms with Gasteiger partial charge in [-0.05, 0) is 45.9 Å². The minimum absolute atomic E-state index is 0.167. The van der Waals surface area contributed by atoms with Crippen molar-refractivity contribution in [3.05, 3.63) is 69.8 Å². The highest BCUT2D eigenvalue weighted by atomic mass is 19.2. The van der Waals surface area contributed by atoms with Crippen LogP contribution in [0.25, 0.3) is 16.6 Å². The number of ether oxygens (including phenoxy) is 1. The van der Waals surface area contributed by atoms with Crippen LogP contribution in [0.15, 0.2) is 35.1 Å². The average molecular weight is 437 g/mol. The smallest absolute Gasteiger partial charge is 0.408 e. The van der Waals surface area contributed by atoms with Gasteiger partial charge in [0.25, 0.3) is 5.56 Å². The van der Waals surface area contributed by atoms with Crippen molar-refractivity contribution in [1.82, 2.24) is 14.9 Å². The molecule has 164 valence electrons. The normalized spacial score (nSPS) is 12.6. The Morgan fingerprint density at radius 1 is 1.03 bits per heavy atom. The van der Waals surface area contributed by atoms with E-state index in [4.69, 9.17) is 4.74 Å². The molecule has 0 aliphatic heterocycles. The lowest BCUT2D eigenvalue weighted by atomic mass is 10.2. The molecular weight excluding hydrogens is 418 g/mol. The van der Waals surface area contributed by atoms with Crippen LogP contribution >= 0.6 is 0 Å². The van der Waals surface area contributed by atoms with Crippen LogP contribution in [0.3, 0.4) is 0 Å². The number of benzene rings is 2. The third-order valence-corrected chi connectivity index (χ3v) is 4.16. The Labute approximate surface area is 174 Å². The maximum atomic E-state index is 13.8. The summed E-state index contributed by atoms with van der Waals surface area (Å²) in [6.45, 7) is 6.39. The van der Waals surface area contributed by atoms with Crippen molar-refractivity contribution in [3.8, 4) is 5.69 Å². The van der Waals surface area contributed by atoms with E-state index in [0.717, 1.165) is 22.8 Å². The first kappa shape index (κ1) is 22.3. The van der Waals surface area contributed by atoms with Crippen LogP contribution < -0.4 is 10.9 Å². The largest absolute Gasteiger partial charge is 0.444 e. The van der Waals surface area contributed by atoms with E-state index in [-0.39, 0.29) is 22.4 Å². The van der Waals surface area contributed by atoms with Crippen LogP contribution in [0.5, 0.6) is 0 Å². The van der Waals surface area contributed by atoms with E-state index in [2.05, 4.69) is 10.3 Å². The molecule has 0 unspecified atom stereocenters. The van der Waals surface area contributed by atoms with Crippen molar-refractivity contribution < 1.29 is 27.1 Å². The Morgan fingerprint density at radius 3 is 2.19 bits per heavy atom. The van der Waals surface area contributed by atoms with Gasteiger partial charge in [-0.15, -0.1) is 0 Å². The summed E-state index contributed by atoms with van der Waals surface area (Å²) in [4.78, 5) is 29.4. The highest BCUT2D eigenvalue weighted by Crippen LogP contribution is 2.22. The number of fused-ring (bicyclic) bond motifs is 1. The Bertz CT molecular complexity index is 1210. The fourth-order valence-corrected chi connectivity index (χ4v) is 2.96. The van der Waals surface area contributed by atoms with Gasteiger partial charge in [-0.25, -0.2) is 27.3 Å². The lowest BCUT2D eigenvalue weighted by Gasteiger charge is -2.23. The molecule has 0 saturated heterocycles. The summed E-state index contributed by atoms with van der Waals surface area (Å²) in [6.07, 6.45) is -0.836. The lowest BCUT2D eigenvalue weighted by molar-refractivity contribution is 0.0505. The zero-order valence-electron chi connectivity index (χ0n) is 17.1. The lowest BCUT2D eigenvalue weighted by Crippen LogP contribution is -2.37. The minimum Gasteiger partial charge on any atom is -0.444 e. The fourth-order valence-electron chi connectivity index (χ4n) is 2.96. The summed E-state index contributed by atoms with van der Waals surface area (Å²) in [5.41, 5.74) is -2.15. The van der Waals surface area contributed by atoms with E-state index in [0.29, 0.717) is 12.1 Å². The van der Waals surface area contributed by atoms with E-state index in [1.165, 1.54) is 6.92 Å². The maximum Gasteiger partial charge on any atom is 0.408 e. The summed E-state index contributed by atoms with van der Waals surface area (Å²) >= 11 is 0. The first-order valence-electron chi connectivity index (χ1n) is 9.23. The second kappa shape index (κ2) is 8.01. The molecule has 0 fully saturated rings. The number of hydrogen-bond acceptors (Lipinski definition) is 4. The number of aromatic nitrogens is 2. The molecule has 0 spiro atoms. The Morgan fingerprint density at radius 2 is 1.61 bits per heavy atom. The van der Waals surface area contributed by atoms with Gasteiger partial charge in [0.15, 0.2) is 11.6 Å². The van der Waals surface area contributed by atoms with E-state index < -0.39 is 46.6 Å². The molecule has 31 heavy (non-hydrogen) atoms. The Kier molecular flexibility index (Phi) is 5.75. The van der Waals surface area contributed by atoms with Gasteiger partial charge in [0.2, 0.25) is 0 Å². The molecule has 0 aliphatic carbocycles. The van der Waals surface area contributed by atoms with Gasteiger partial charge < -0.3 is 10.1 Å². The average Bonchev–Trinajstić information content (AvgIpc) is 2.60. The molecule has 1 heterocycles. The van der Waals surface area contributed by atoms with Gasteiger partial charge in [0, 0.05) is 12.1 Å². The molecule has 10 heteroatoms. The number of amides is 1. The summed E-state index contributed by atoms with van der Waals surface area (Å²) in [5.74, 6) is -4.61. The molecule has 1 amide bonds. The van der Waals surface area contributed by atoms with Crippen molar-refractivity contribution in [2.24, 2.45) is 0 Å². The molecule has 0 bridgehead atoms. The molecule has 1 aromatic heterocycles. The standard InChI is InChI=1S/C21H19F4N3O3/c1-10(26-20(30)31-21(2,3)4)18-27-17-9-16(25)15(24)8-14(17)19(29)28(18)13-6-11(22)5-12(23)7-13/h5-10H,1-4H3,(H,26,30)/t10-/m0/s1. The Hall–Kier alpha value is -3.43. The van der Waals surface area contributed by atoms with Crippen molar-refractivity contribution in [2.45, 2.75) is 39.3 Å². The van der Waals surface area contributed by atoms with Crippen molar-refractivity contribution in [3.63, 3.8) is 0 Å². The molecule has 3 aromatic rings. The SMILES string of the molecule is C[C@H](NC(=O)OC(C)(C)C)c1nc2cc(F)c(F)cc2c(=O)n1-c1cc(F)cc(F)c1. The molecule has 0 aliphatic rings. The molecule has 3 rings (SSSR count). The van der Waals surface area contributed by atoms with Crippen LogP contribution in [0, 0.1) is 23.3 Å². The molecule has 2 aromatic carbocycles. The minimum atomic E-state index is -1.28. The van der Waals surface area contributed by atoms with E-state index in [1.807, 2.05) is 0 Å². The third kappa shape index (κ3) is 4.84. The van der Waals surface area contributed by atoms with E-state index in [9.17, 15) is 27.2 Å². The van der Waals surface area contributed by atoms with Crippen molar-refractivity contribution >= 4 is 17.0 Å². The summed E-state index contributed by atoms with van der Waals surface area (Å²) in [5, 5.41) is 2.16. The van der Waals surface area contributed by atoms with Gasteiger partial charge in [-0.1, -0.05) is 0 Å². The monoisotopic (exact) mass is 437 g/mol. The van der Waals surface area contributed by atoms with Gasteiger partial charge >= 0.3 is 6.09 Å². The van der Waals surface area contributed by atoms with Crippen LogP contribution in [0.4, 0.5) is 22.4 Å². The quantitative estimate of drug-likeness (QED) is 0.612. The van der Waals surface area contributed by atoms with E-state index >= 15 is 0 Å². The first-order valence-corrected chi connectivity index (χ1v) is 9.23. The number of alkyl carbamates (subject to hydrolysis) is 1. The highest BCUT2D eigenvalue weighted by Gasteiger charge is 2.24. The van der Waals surface area contributed by atoms with Crippen LogP contribution in [-0.4, -0.2) is 21.2 Å². The summed E-state index contributed by atoms with van der Waals surface area (Å²) < 4.78 is 61.1. The second-order valence-corrected chi connectivity index (χ2v) is 7.89. The first-order chi connectivity index (χ1) is 14.4.